The smallest absolute Gasteiger partial charge is 0.315 e. The molecule has 3 N–H and O–H groups in total. The maximum atomic E-state index is 12.6. The van der Waals surface area contributed by atoms with E-state index in [-0.39, 0.29) is 11.4 Å². The first-order chi connectivity index (χ1) is 10.5. The standard InChI is InChI=1S/C16H20ClN3O2/c17-12-6-4-11(5-7-12)16(8-2-9-16)19-14(21)13-3-1-10-20(13)15(18)22/h4-7,13H,1-3,8-10H2,(H2,18,22)(H,19,21)/t13-/m0/s1. The SMILES string of the molecule is NC(=O)N1CCC[C@H]1C(=O)NC1(c2ccc(Cl)cc2)CCC1. The van der Waals surface area contributed by atoms with Gasteiger partial charge in [0.25, 0.3) is 0 Å². The monoisotopic (exact) mass is 321 g/mol. The van der Waals surface area contributed by atoms with Gasteiger partial charge in [-0.15, -0.1) is 0 Å². The summed E-state index contributed by atoms with van der Waals surface area (Å²) in [6.07, 6.45) is 4.38. The molecule has 0 radical (unpaired) electrons. The Morgan fingerprint density at radius 3 is 2.45 bits per heavy atom. The van der Waals surface area contributed by atoms with E-state index in [1.807, 2.05) is 24.3 Å². The highest BCUT2D eigenvalue weighted by molar-refractivity contribution is 6.30. The minimum absolute atomic E-state index is 0.106. The maximum absolute atomic E-state index is 12.6. The Morgan fingerprint density at radius 2 is 1.91 bits per heavy atom. The predicted molar refractivity (Wildman–Crippen MR) is 84.4 cm³/mol. The van der Waals surface area contributed by atoms with Gasteiger partial charge < -0.3 is 16.0 Å². The molecule has 0 unspecified atom stereocenters. The number of amides is 3. The Hall–Kier alpha value is -1.75. The number of likely N-dealkylation sites (tertiary alicyclic amines) is 1. The molecule has 3 amide bonds. The fourth-order valence-electron chi connectivity index (χ4n) is 3.41. The predicted octanol–water partition coefficient (Wildman–Crippen LogP) is 2.38. The normalized spacial score (nSPS) is 23.0. The zero-order valence-electron chi connectivity index (χ0n) is 12.3. The lowest BCUT2D eigenvalue weighted by atomic mass is 9.71. The van der Waals surface area contributed by atoms with E-state index in [1.54, 1.807) is 0 Å². The minimum Gasteiger partial charge on any atom is -0.351 e. The molecule has 1 aromatic rings. The van der Waals surface area contributed by atoms with E-state index in [0.717, 1.165) is 31.2 Å². The van der Waals surface area contributed by atoms with Crippen molar-refractivity contribution in [2.45, 2.75) is 43.7 Å². The molecule has 5 nitrogen and oxygen atoms in total. The summed E-state index contributed by atoms with van der Waals surface area (Å²) in [5, 5.41) is 3.84. The van der Waals surface area contributed by atoms with Crippen LogP contribution < -0.4 is 11.1 Å². The van der Waals surface area contributed by atoms with Crippen molar-refractivity contribution in [3.05, 3.63) is 34.9 Å². The zero-order valence-corrected chi connectivity index (χ0v) is 13.1. The van der Waals surface area contributed by atoms with Crippen molar-refractivity contribution in [3.63, 3.8) is 0 Å². The van der Waals surface area contributed by atoms with Crippen LogP contribution in [0.2, 0.25) is 5.02 Å². The molecule has 118 valence electrons. The number of halogens is 1. The molecule has 0 spiro atoms. The number of primary amides is 1. The number of nitrogens with two attached hydrogens (primary N) is 1. The Labute approximate surface area is 134 Å². The quantitative estimate of drug-likeness (QED) is 0.896. The molecule has 0 bridgehead atoms. The molecular weight excluding hydrogens is 302 g/mol. The molecular formula is C16H20ClN3O2. The lowest BCUT2D eigenvalue weighted by molar-refractivity contribution is -0.128. The molecule has 0 aromatic heterocycles. The van der Waals surface area contributed by atoms with Crippen molar-refractivity contribution in [3.8, 4) is 0 Å². The number of carbonyl (C=O) groups is 2. The lowest BCUT2D eigenvalue weighted by Gasteiger charge is -2.44. The number of nitrogens with one attached hydrogen (secondary N) is 1. The third-order valence-corrected chi connectivity index (χ3v) is 5.06. The Morgan fingerprint density at radius 1 is 1.23 bits per heavy atom. The van der Waals surface area contributed by atoms with Crippen molar-refractivity contribution in [2.24, 2.45) is 5.73 Å². The van der Waals surface area contributed by atoms with Gasteiger partial charge in [-0.25, -0.2) is 4.79 Å². The van der Waals surface area contributed by atoms with Gasteiger partial charge in [0.2, 0.25) is 5.91 Å². The second kappa shape index (κ2) is 5.80. The van der Waals surface area contributed by atoms with Gasteiger partial charge in [-0.05, 0) is 49.8 Å². The van der Waals surface area contributed by atoms with Crippen molar-refractivity contribution < 1.29 is 9.59 Å². The van der Waals surface area contributed by atoms with Crippen LogP contribution in [0, 0.1) is 0 Å². The first-order valence-electron chi connectivity index (χ1n) is 7.66. The lowest BCUT2D eigenvalue weighted by Crippen LogP contribution is -2.56. The van der Waals surface area contributed by atoms with Crippen LogP contribution in [0.4, 0.5) is 4.79 Å². The second-order valence-electron chi connectivity index (χ2n) is 6.12. The topological polar surface area (TPSA) is 75.4 Å². The summed E-state index contributed by atoms with van der Waals surface area (Å²) in [6.45, 7) is 0.557. The highest BCUT2D eigenvalue weighted by atomic mass is 35.5. The van der Waals surface area contributed by atoms with E-state index >= 15 is 0 Å². The van der Waals surface area contributed by atoms with Gasteiger partial charge in [0.1, 0.15) is 6.04 Å². The Balaban J connectivity index is 1.76. The van der Waals surface area contributed by atoms with Crippen LogP contribution in [0.1, 0.15) is 37.7 Å². The third-order valence-electron chi connectivity index (χ3n) is 4.80. The van der Waals surface area contributed by atoms with Crippen LogP contribution in [-0.4, -0.2) is 29.4 Å². The average Bonchev–Trinajstić information content (AvgIpc) is 2.93. The van der Waals surface area contributed by atoms with Crippen LogP contribution in [0.5, 0.6) is 0 Å². The van der Waals surface area contributed by atoms with E-state index in [4.69, 9.17) is 17.3 Å². The van der Waals surface area contributed by atoms with Crippen molar-refractivity contribution in [1.82, 2.24) is 10.2 Å². The fraction of sp³-hybridized carbons (Fsp3) is 0.500. The Kier molecular flexibility index (Phi) is 4.00. The van der Waals surface area contributed by atoms with E-state index in [0.29, 0.717) is 18.0 Å². The van der Waals surface area contributed by atoms with Crippen molar-refractivity contribution in [1.29, 1.82) is 0 Å². The summed E-state index contributed by atoms with van der Waals surface area (Å²) in [5.74, 6) is -0.106. The highest BCUT2D eigenvalue weighted by Gasteiger charge is 2.43. The van der Waals surface area contributed by atoms with Crippen molar-refractivity contribution in [2.75, 3.05) is 6.54 Å². The van der Waals surface area contributed by atoms with Crippen LogP contribution in [-0.2, 0) is 10.3 Å². The van der Waals surface area contributed by atoms with E-state index in [2.05, 4.69) is 5.32 Å². The van der Waals surface area contributed by atoms with Crippen LogP contribution in [0.25, 0.3) is 0 Å². The molecule has 1 heterocycles. The van der Waals surface area contributed by atoms with E-state index < -0.39 is 12.1 Å². The third kappa shape index (κ3) is 2.65. The molecule has 3 rings (SSSR count). The molecule has 1 aromatic carbocycles. The van der Waals surface area contributed by atoms with E-state index in [9.17, 15) is 9.59 Å². The Bertz CT molecular complexity index is 584. The molecule has 1 aliphatic carbocycles. The first kappa shape index (κ1) is 15.2. The first-order valence-corrected chi connectivity index (χ1v) is 8.04. The summed E-state index contributed by atoms with van der Waals surface area (Å²) in [5.41, 5.74) is 6.10. The van der Waals surface area contributed by atoms with Crippen LogP contribution >= 0.6 is 11.6 Å². The summed E-state index contributed by atoms with van der Waals surface area (Å²) >= 11 is 5.94. The molecule has 1 atom stereocenters. The molecule has 6 heteroatoms. The molecule has 1 aliphatic heterocycles. The molecule has 1 saturated carbocycles. The largest absolute Gasteiger partial charge is 0.351 e. The van der Waals surface area contributed by atoms with Gasteiger partial charge in [-0.3, -0.25) is 4.79 Å². The van der Waals surface area contributed by atoms with Gasteiger partial charge in [0.05, 0.1) is 5.54 Å². The van der Waals surface area contributed by atoms with Crippen LogP contribution in [0.15, 0.2) is 24.3 Å². The van der Waals surface area contributed by atoms with Gasteiger partial charge in [0, 0.05) is 11.6 Å². The molecule has 2 fully saturated rings. The summed E-state index contributed by atoms with van der Waals surface area (Å²) in [4.78, 5) is 25.5. The number of hydrogen-bond donors (Lipinski definition) is 2. The minimum atomic E-state index is -0.521. The van der Waals surface area contributed by atoms with Gasteiger partial charge in [0.15, 0.2) is 0 Å². The fourth-order valence-corrected chi connectivity index (χ4v) is 3.53. The number of urea groups is 1. The summed E-state index contributed by atoms with van der Waals surface area (Å²) < 4.78 is 0. The van der Waals surface area contributed by atoms with Gasteiger partial charge in [-0.1, -0.05) is 23.7 Å². The molecule has 2 aliphatic rings. The highest BCUT2D eigenvalue weighted by Crippen LogP contribution is 2.41. The van der Waals surface area contributed by atoms with Gasteiger partial charge >= 0.3 is 6.03 Å². The number of nitrogens with zero attached hydrogens (tertiary/aromatic N) is 1. The number of hydrogen-bond acceptors (Lipinski definition) is 2. The number of carbonyl (C=O) groups excluding carboxylic acids is 2. The van der Waals surface area contributed by atoms with Crippen LogP contribution in [0.3, 0.4) is 0 Å². The van der Waals surface area contributed by atoms with Gasteiger partial charge in [-0.2, -0.15) is 0 Å². The number of benzene rings is 1. The molecule has 1 saturated heterocycles. The number of rotatable bonds is 3. The molecule has 22 heavy (non-hydrogen) atoms. The zero-order chi connectivity index (χ0) is 15.7. The second-order valence-corrected chi connectivity index (χ2v) is 6.56. The summed E-state index contributed by atoms with van der Waals surface area (Å²) in [6, 6.07) is 6.64. The van der Waals surface area contributed by atoms with E-state index in [1.165, 1.54) is 4.90 Å². The van der Waals surface area contributed by atoms with Crippen molar-refractivity contribution >= 4 is 23.5 Å². The maximum Gasteiger partial charge on any atom is 0.315 e. The average molecular weight is 322 g/mol. The summed E-state index contributed by atoms with van der Waals surface area (Å²) in [7, 11) is 0.